The first-order valence-electron chi connectivity index (χ1n) is 8.00. The fourth-order valence-corrected chi connectivity index (χ4v) is 2.14. The van der Waals surface area contributed by atoms with E-state index in [0.717, 1.165) is 12.8 Å². The Kier molecular flexibility index (Phi) is 6.95. The summed E-state index contributed by atoms with van der Waals surface area (Å²) in [6.07, 6.45) is 6.86. The number of hydrogen-bond acceptors (Lipinski definition) is 3. The second-order valence-electron chi connectivity index (χ2n) is 6.59. The van der Waals surface area contributed by atoms with Gasteiger partial charge in [0.1, 0.15) is 5.70 Å². The fourth-order valence-electron chi connectivity index (χ4n) is 2.14. The van der Waals surface area contributed by atoms with Crippen molar-refractivity contribution in [3.8, 4) is 0 Å². The number of hydrazone groups is 1. The molecule has 0 saturated heterocycles. The van der Waals surface area contributed by atoms with Crippen LogP contribution in [0.1, 0.15) is 45.2 Å². The van der Waals surface area contributed by atoms with Gasteiger partial charge in [-0.3, -0.25) is 4.79 Å². The number of aryl methyl sites for hydroxylation is 2. The maximum absolute atomic E-state index is 12.7. The molecule has 0 atom stereocenters. The van der Waals surface area contributed by atoms with E-state index in [1.807, 2.05) is 33.8 Å². The molecule has 0 bridgehead atoms. The van der Waals surface area contributed by atoms with E-state index in [0.29, 0.717) is 5.70 Å². The van der Waals surface area contributed by atoms with Crippen LogP contribution in [0.5, 0.6) is 0 Å². The number of ketones is 1. The van der Waals surface area contributed by atoms with Crippen LogP contribution in [0.3, 0.4) is 0 Å². The highest BCUT2D eigenvalue weighted by molar-refractivity contribution is 5.98. The Morgan fingerprint density at radius 3 is 2.35 bits per heavy atom. The zero-order valence-electron chi connectivity index (χ0n) is 15.0. The van der Waals surface area contributed by atoms with Crippen molar-refractivity contribution in [3.63, 3.8) is 0 Å². The molecule has 0 aromatic heterocycles. The van der Waals surface area contributed by atoms with Gasteiger partial charge in [-0.25, -0.2) is 5.01 Å². The van der Waals surface area contributed by atoms with E-state index in [1.165, 1.54) is 11.1 Å². The number of allylic oxidation sites excluding steroid dienone is 2. The molecule has 23 heavy (non-hydrogen) atoms. The maximum Gasteiger partial charge on any atom is 0.186 e. The number of benzene rings is 1. The molecule has 124 valence electrons. The molecule has 1 aromatic carbocycles. The van der Waals surface area contributed by atoms with Crippen molar-refractivity contribution in [2.45, 2.75) is 47.5 Å². The molecule has 0 aliphatic carbocycles. The first-order valence-corrected chi connectivity index (χ1v) is 8.00. The molecular formula is C20H28N2O. The molecule has 0 unspecified atom stereocenters. The molecule has 1 aromatic rings. The molecule has 3 heteroatoms. The van der Waals surface area contributed by atoms with E-state index in [-0.39, 0.29) is 5.78 Å². The highest BCUT2D eigenvalue weighted by atomic mass is 16.1. The Labute approximate surface area is 140 Å². The second-order valence-corrected chi connectivity index (χ2v) is 6.59. The zero-order chi connectivity index (χ0) is 17.5. The molecule has 0 amide bonds. The Morgan fingerprint density at radius 2 is 1.87 bits per heavy atom. The van der Waals surface area contributed by atoms with Crippen molar-refractivity contribution in [2.24, 2.45) is 10.5 Å². The molecule has 0 radical (unpaired) electrons. The summed E-state index contributed by atoms with van der Waals surface area (Å²) in [6.45, 7) is 13.4. The number of carbonyl (C=O) groups excluding carboxylic acids is 1. The maximum atomic E-state index is 12.7. The largest absolute Gasteiger partial charge is 0.292 e. The lowest BCUT2D eigenvalue weighted by Crippen LogP contribution is -2.28. The van der Waals surface area contributed by atoms with E-state index in [1.54, 1.807) is 17.4 Å². The number of nitrogens with zero attached hydrogens (tertiary/aromatic N) is 2. The van der Waals surface area contributed by atoms with Crippen LogP contribution in [-0.4, -0.2) is 17.0 Å². The molecule has 3 nitrogen and oxygen atoms in total. The van der Waals surface area contributed by atoms with Crippen LogP contribution in [0, 0.1) is 12.3 Å². The molecule has 0 fully saturated rings. The lowest BCUT2D eigenvalue weighted by atomic mass is 9.88. The van der Waals surface area contributed by atoms with Crippen LogP contribution >= 0.6 is 0 Å². The van der Waals surface area contributed by atoms with Gasteiger partial charge in [0.2, 0.25) is 0 Å². The Bertz CT molecular complexity index is 589. The molecule has 0 aliphatic rings. The highest BCUT2D eigenvalue weighted by Gasteiger charge is 2.27. The third kappa shape index (κ3) is 5.85. The summed E-state index contributed by atoms with van der Waals surface area (Å²) in [4.78, 5) is 12.7. The minimum atomic E-state index is -0.458. The fraction of sp³-hybridized carbons (Fsp3) is 0.400. The summed E-state index contributed by atoms with van der Waals surface area (Å²) in [5, 5.41) is 5.77. The molecule has 0 saturated carbocycles. The van der Waals surface area contributed by atoms with Crippen LogP contribution in [0.15, 0.2) is 53.9 Å². The van der Waals surface area contributed by atoms with Gasteiger partial charge >= 0.3 is 0 Å². The van der Waals surface area contributed by atoms with Gasteiger partial charge < -0.3 is 0 Å². The third-order valence-corrected chi connectivity index (χ3v) is 3.46. The number of carbonyl (C=O) groups is 1. The number of rotatable bonds is 7. The number of Topliss-reactive ketones (excluding diaryl/α,β-unsaturated/α-hetero) is 1. The van der Waals surface area contributed by atoms with Gasteiger partial charge in [0.15, 0.2) is 5.78 Å². The van der Waals surface area contributed by atoms with Crippen LogP contribution in [0.4, 0.5) is 0 Å². The topological polar surface area (TPSA) is 32.7 Å². The van der Waals surface area contributed by atoms with Crippen molar-refractivity contribution in [3.05, 3.63) is 59.9 Å². The SMILES string of the molecule is C=CN(/N=C\C)/C(=C/CCc1ccc(C)cc1)C(=O)C(C)(C)C. The molecule has 0 aliphatic heterocycles. The van der Waals surface area contributed by atoms with Gasteiger partial charge in [0, 0.05) is 17.8 Å². The first kappa shape index (κ1) is 18.9. The molecule has 1 rings (SSSR count). The van der Waals surface area contributed by atoms with Gasteiger partial charge in [-0.05, 0) is 32.3 Å². The average Bonchev–Trinajstić information content (AvgIpc) is 2.50. The lowest BCUT2D eigenvalue weighted by molar-refractivity contribution is -0.123. The lowest BCUT2D eigenvalue weighted by Gasteiger charge is -2.24. The van der Waals surface area contributed by atoms with Crippen LogP contribution in [0.25, 0.3) is 0 Å². The quantitative estimate of drug-likeness (QED) is 0.408. The monoisotopic (exact) mass is 312 g/mol. The molecule has 0 spiro atoms. The summed E-state index contributed by atoms with van der Waals surface area (Å²) < 4.78 is 0. The van der Waals surface area contributed by atoms with Gasteiger partial charge in [-0.2, -0.15) is 5.10 Å². The first-order chi connectivity index (χ1) is 10.8. The van der Waals surface area contributed by atoms with E-state index in [4.69, 9.17) is 0 Å². The van der Waals surface area contributed by atoms with Crippen LogP contribution < -0.4 is 0 Å². The summed E-state index contributed by atoms with van der Waals surface area (Å²) in [6, 6.07) is 8.48. The Balaban J connectivity index is 2.96. The van der Waals surface area contributed by atoms with Crippen molar-refractivity contribution in [1.82, 2.24) is 5.01 Å². The second kappa shape index (κ2) is 8.47. The van der Waals surface area contributed by atoms with Gasteiger partial charge in [-0.15, -0.1) is 0 Å². The van der Waals surface area contributed by atoms with E-state index >= 15 is 0 Å². The molecule has 0 heterocycles. The zero-order valence-corrected chi connectivity index (χ0v) is 15.0. The smallest absolute Gasteiger partial charge is 0.186 e. The summed E-state index contributed by atoms with van der Waals surface area (Å²) in [5.74, 6) is 0.0620. The highest BCUT2D eigenvalue weighted by Crippen LogP contribution is 2.23. The predicted molar refractivity (Wildman–Crippen MR) is 98.2 cm³/mol. The van der Waals surface area contributed by atoms with E-state index in [9.17, 15) is 4.79 Å². The van der Waals surface area contributed by atoms with Gasteiger partial charge in [0.05, 0.1) is 0 Å². The minimum absolute atomic E-state index is 0.0620. The minimum Gasteiger partial charge on any atom is -0.292 e. The van der Waals surface area contributed by atoms with Gasteiger partial charge in [0.25, 0.3) is 0 Å². The summed E-state index contributed by atoms with van der Waals surface area (Å²) >= 11 is 0. The molecular weight excluding hydrogens is 284 g/mol. The predicted octanol–water partition coefficient (Wildman–Crippen LogP) is 4.88. The normalized spacial score (nSPS) is 12.5. The third-order valence-electron chi connectivity index (χ3n) is 3.46. The average molecular weight is 312 g/mol. The van der Waals surface area contributed by atoms with E-state index < -0.39 is 5.41 Å². The summed E-state index contributed by atoms with van der Waals surface area (Å²) in [7, 11) is 0. The number of hydrogen-bond donors (Lipinski definition) is 0. The van der Waals surface area contributed by atoms with Crippen molar-refractivity contribution in [1.29, 1.82) is 0 Å². The van der Waals surface area contributed by atoms with Crippen molar-refractivity contribution in [2.75, 3.05) is 0 Å². The van der Waals surface area contributed by atoms with Crippen molar-refractivity contribution < 1.29 is 4.79 Å². The van der Waals surface area contributed by atoms with E-state index in [2.05, 4.69) is 42.9 Å². The Hall–Kier alpha value is -2.16. The molecule has 0 N–H and O–H groups in total. The standard InChI is InChI=1S/C20H28N2O/c1-7-21-22(8-2)18(19(23)20(4,5)6)11-9-10-17-14-12-16(3)13-15-17/h7-8,11-15H,2,9-10H2,1,3-6H3/b18-11+,21-7-. The summed E-state index contributed by atoms with van der Waals surface area (Å²) in [5.41, 5.74) is 2.64. The van der Waals surface area contributed by atoms with Crippen LogP contribution in [0.2, 0.25) is 0 Å². The van der Waals surface area contributed by atoms with Crippen LogP contribution in [-0.2, 0) is 11.2 Å². The van der Waals surface area contributed by atoms with Gasteiger partial charge in [-0.1, -0.05) is 63.3 Å². The van der Waals surface area contributed by atoms with Crippen molar-refractivity contribution >= 4 is 12.0 Å². The Morgan fingerprint density at radius 1 is 1.26 bits per heavy atom.